The van der Waals surface area contributed by atoms with Crippen LogP contribution >= 0.6 is 0 Å². The molecule has 19 heavy (non-hydrogen) atoms. The van der Waals surface area contributed by atoms with Crippen LogP contribution in [0.5, 0.6) is 5.75 Å². The Bertz CT molecular complexity index is 468. The quantitative estimate of drug-likeness (QED) is 0.828. The van der Waals surface area contributed by atoms with Crippen LogP contribution in [0.1, 0.15) is 26.7 Å². The van der Waals surface area contributed by atoms with Gasteiger partial charge in [0.2, 0.25) is 5.91 Å². The van der Waals surface area contributed by atoms with Crippen LogP contribution in [0.15, 0.2) is 24.3 Å². The molecule has 0 aromatic heterocycles. The summed E-state index contributed by atoms with van der Waals surface area (Å²) in [5.74, 6) is -0.551. The number of rotatable bonds is 6. The minimum Gasteiger partial charge on any atom is -0.495 e. The second-order valence-corrected chi connectivity index (χ2v) is 4.94. The highest BCUT2D eigenvalue weighted by Gasteiger charge is 2.27. The van der Waals surface area contributed by atoms with Gasteiger partial charge in [0.05, 0.1) is 18.2 Å². The lowest BCUT2D eigenvalue weighted by molar-refractivity contribution is -0.147. The summed E-state index contributed by atoms with van der Waals surface area (Å²) in [4.78, 5) is 22.7. The smallest absolute Gasteiger partial charge is 0.309 e. The van der Waals surface area contributed by atoms with Crippen LogP contribution in [0.2, 0.25) is 0 Å². The van der Waals surface area contributed by atoms with Crippen molar-refractivity contribution >= 4 is 17.6 Å². The minimum absolute atomic E-state index is 0.150. The zero-order valence-electron chi connectivity index (χ0n) is 11.4. The lowest BCUT2D eigenvalue weighted by atomic mass is 9.88. The largest absolute Gasteiger partial charge is 0.495 e. The fraction of sp³-hybridized carbons (Fsp3) is 0.429. The maximum absolute atomic E-state index is 11.8. The summed E-state index contributed by atoms with van der Waals surface area (Å²) in [7, 11) is 1.53. The van der Waals surface area contributed by atoms with Crippen molar-refractivity contribution in [1.29, 1.82) is 0 Å². The van der Waals surface area contributed by atoms with Gasteiger partial charge in [-0.05, 0) is 32.4 Å². The summed E-state index contributed by atoms with van der Waals surface area (Å²) in [6.07, 6.45) is 0.431. The van der Waals surface area contributed by atoms with Crippen molar-refractivity contribution in [3.05, 3.63) is 24.3 Å². The Morgan fingerprint density at radius 2 is 1.95 bits per heavy atom. The molecule has 1 rings (SSSR count). The highest BCUT2D eigenvalue weighted by Crippen LogP contribution is 2.25. The van der Waals surface area contributed by atoms with Crippen molar-refractivity contribution in [2.45, 2.75) is 26.7 Å². The number of carbonyl (C=O) groups is 2. The van der Waals surface area contributed by atoms with Crippen LogP contribution in [0, 0.1) is 5.41 Å². The number of para-hydroxylation sites is 2. The molecule has 1 aromatic carbocycles. The Morgan fingerprint density at radius 1 is 1.32 bits per heavy atom. The molecule has 2 N–H and O–H groups in total. The molecule has 1 aromatic rings. The number of amides is 1. The van der Waals surface area contributed by atoms with E-state index in [2.05, 4.69) is 5.32 Å². The average Bonchev–Trinajstić information content (AvgIpc) is 2.37. The van der Waals surface area contributed by atoms with Crippen molar-refractivity contribution in [3.63, 3.8) is 0 Å². The van der Waals surface area contributed by atoms with Gasteiger partial charge in [0.15, 0.2) is 0 Å². The third-order valence-corrected chi connectivity index (χ3v) is 2.94. The van der Waals surface area contributed by atoms with Gasteiger partial charge in [-0.15, -0.1) is 0 Å². The predicted octanol–water partition coefficient (Wildman–Crippen LogP) is 2.52. The molecule has 0 aliphatic rings. The van der Waals surface area contributed by atoms with Gasteiger partial charge in [-0.25, -0.2) is 0 Å². The third-order valence-electron chi connectivity index (χ3n) is 2.94. The number of nitrogens with one attached hydrogen (secondary N) is 1. The van der Waals surface area contributed by atoms with Crippen molar-refractivity contribution < 1.29 is 19.4 Å². The van der Waals surface area contributed by atoms with E-state index in [9.17, 15) is 9.59 Å². The molecule has 0 radical (unpaired) electrons. The first-order valence-electron chi connectivity index (χ1n) is 6.03. The van der Waals surface area contributed by atoms with E-state index in [1.54, 1.807) is 32.0 Å². The second-order valence-electron chi connectivity index (χ2n) is 4.94. The molecule has 0 saturated heterocycles. The summed E-state index contributed by atoms with van der Waals surface area (Å²) >= 11 is 0. The van der Waals surface area contributed by atoms with Crippen LogP contribution in [-0.4, -0.2) is 24.1 Å². The second kappa shape index (κ2) is 6.22. The van der Waals surface area contributed by atoms with E-state index in [0.29, 0.717) is 11.4 Å². The first-order chi connectivity index (χ1) is 8.86. The molecule has 1 amide bonds. The predicted molar refractivity (Wildman–Crippen MR) is 72.3 cm³/mol. The van der Waals surface area contributed by atoms with E-state index in [0.717, 1.165) is 0 Å². The lowest BCUT2D eigenvalue weighted by Crippen LogP contribution is -2.25. The van der Waals surface area contributed by atoms with Gasteiger partial charge in [0, 0.05) is 6.42 Å². The van der Waals surface area contributed by atoms with Crippen LogP contribution in [0.25, 0.3) is 0 Å². The Kier molecular flexibility index (Phi) is 4.92. The molecule has 5 heteroatoms. The molecule has 0 saturated carbocycles. The molecule has 0 spiro atoms. The SMILES string of the molecule is COc1ccccc1NC(=O)CCC(C)(C)C(=O)O. The van der Waals surface area contributed by atoms with E-state index in [1.807, 2.05) is 6.07 Å². The molecular formula is C14H19NO4. The fourth-order valence-electron chi connectivity index (χ4n) is 1.49. The molecule has 0 aliphatic heterocycles. The number of aliphatic carboxylic acids is 1. The number of carbonyl (C=O) groups excluding carboxylic acids is 1. The standard InChI is InChI=1S/C14H19NO4/c1-14(2,13(17)18)9-8-12(16)15-10-6-4-5-7-11(10)19-3/h4-7H,8-9H2,1-3H3,(H,15,16)(H,17,18). The lowest BCUT2D eigenvalue weighted by Gasteiger charge is -2.18. The number of ether oxygens (including phenoxy) is 1. The molecule has 0 aliphatic carbocycles. The maximum Gasteiger partial charge on any atom is 0.309 e. The Labute approximate surface area is 112 Å². The van der Waals surface area contributed by atoms with Crippen molar-refractivity contribution in [1.82, 2.24) is 0 Å². The van der Waals surface area contributed by atoms with Gasteiger partial charge in [0.1, 0.15) is 5.75 Å². The van der Waals surface area contributed by atoms with E-state index in [4.69, 9.17) is 9.84 Å². The molecule has 104 valence electrons. The fourth-order valence-corrected chi connectivity index (χ4v) is 1.49. The summed E-state index contributed by atoms with van der Waals surface area (Å²) in [6, 6.07) is 7.08. The summed E-state index contributed by atoms with van der Waals surface area (Å²) in [5.41, 5.74) is -0.318. The van der Waals surface area contributed by atoms with Crippen LogP contribution < -0.4 is 10.1 Å². The maximum atomic E-state index is 11.8. The van der Waals surface area contributed by atoms with E-state index >= 15 is 0 Å². The minimum atomic E-state index is -0.905. The van der Waals surface area contributed by atoms with Crippen LogP contribution in [0.4, 0.5) is 5.69 Å². The molecule has 0 fully saturated rings. The zero-order chi connectivity index (χ0) is 14.5. The van der Waals surface area contributed by atoms with Gasteiger partial charge >= 0.3 is 5.97 Å². The number of benzene rings is 1. The molecular weight excluding hydrogens is 246 g/mol. The monoisotopic (exact) mass is 265 g/mol. The van der Waals surface area contributed by atoms with E-state index < -0.39 is 11.4 Å². The topological polar surface area (TPSA) is 75.6 Å². The van der Waals surface area contributed by atoms with Gasteiger partial charge in [-0.3, -0.25) is 9.59 Å². The van der Waals surface area contributed by atoms with E-state index in [-0.39, 0.29) is 18.7 Å². The van der Waals surface area contributed by atoms with Gasteiger partial charge in [-0.1, -0.05) is 12.1 Å². The Hall–Kier alpha value is -2.04. The van der Waals surface area contributed by atoms with Gasteiger partial charge in [0.25, 0.3) is 0 Å². The summed E-state index contributed by atoms with van der Waals surface area (Å²) in [5, 5.41) is 11.7. The normalized spacial score (nSPS) is 10.9. The molecule has 0 heterocycles. The number of methoxy groups -OCH3 is 1. The third kappa shape index (κ3) is 4.28. The molecule has 0 bridgehead atoms. The first kappa shape index (κ1) is 15.0. The summed E-state index contributed by atoms with van der Waals surface area (Å²) < 4.78 is 5.12. The highest BCUT2D eigenvalue weighted by atomic mass is 16.5. The number of hydrogen-bond donors (Lipinski definition) is 2. The highest BCUT2D eigenvalue weighted by molar-refractivity contribution is 5.92. The number of hydrogen-bond acceptors (Lipinski definition) is 3. The number of carboxylic acids is 1. The van der Waals surface area contributed by atoms with Crippen molar-refractivity contribution in [3.8, 4) is 5.75 Å². The number of carboxylic acid groups (broad SMARTS) is 1. The van der Waals surface area contributed by atoms with Gasteiger partial charge in [-0.2, -0.15) is 0 Å². The van der Waals surface area contributed by atoms with Crippen LogP contribution in [0.3, 0.4) is 0 Å². The van der Waals surface area contributed by atoms with Crippen molar-refractivity contribution in [2.75, 3.05) is 12.4 Å². The average molecular weight is 265 g/mol. The van der Waals surface area contributed by atoms with Gasteiger partial charge < -0.3 is 15.2 Å². The Morgan fingerprint density at radius 3 is 2.53 bits per heavy atom. The Balaban J connectivity index is 2.59. The molecule has 0 atom stereocenters. The first-order valence-corrected chi connectivity index (χ1v) is 6.03. The van der Waals surface area contributed by atoms with E-state index in [1.165, 1.54) is 7.11 Å². The number of anilines is 1. The van der Waals surface area contributed by atoms with Crippen LogP contribution in [-0.2, 0) is 9.59 Å². The van der Waals surface area contributed by atoms with Crippen molar-refractivity contribution in [2.24, 2.45) is 5.41 Å². The zero-order valence-corrected chi connectivity index (χ0v) is 11.4. The molecule has 0 unspecified atom stereocenters. The molecule has 5 nitrogen and oxygen atoms in total. The summed E-state index contributed by atoms with van der Waals surface area (Å²) in [6.45, 7) is 3.21.